The monoisotopic (exact) mass is 350 g/mol. The van der Waals surface area contributed by atoms with Crippen molar-refractivity contribution < 1.29 is 5.11 Å². The Bertz CT molecular complexity index is 854. The van der Waals surface area contributed by atoms with Crippen LogP contribution in [-0.2, 0) is 6.42 Å². The number of nitrogens with zero attached hydrogens (tertiary/aromatic N) is 4. The molecular formula is C19H18N4OS. The molecule has 2 aromatic rings. The van der Waals surface area contributed by atoms with Crippen molar-refractivity contribution in [3.05, 3.63) is 47.0 Å². The van der Waals surface area contributed by atoms with Crippen LogP contribution in [0.1, 0.15) is 30.0 Å². The fraction of sp³-hybridized carbons (Fsp3) is 0.316. The zero-order chi connectivity index (χ0) is 17.8. The molecule has 1 aromatic carbocycles. The molecule has 2 heterocycles. The van der Waals surface area contributed by atoms with Crippen LogP contribution in [0.3, 0.4) is 0 Å². The molecule has 3 rings (SSSR count). The third kappa shape index (κ3) is 3.46. The van der Waals surface area contributed by atoms with Crippen molar-refractivity contribution in [3.8, 4) is 12.1 Å². The van der Waals surface area contributed by atoms with Gasteiger partial charge in [0, 0.05) is 18.0 Å². The van der Waals surface area contributed by atoms with Gasteiger partial charge >= 0.3 is 0 Å². The van der Waals surface area contributed by atoms with Crippen LogP contribution < -0.4 is 4.90 Å². The molecule has 6 heteroatoms. The molecule has 0 spiro atoms. The molecule has 1 saturated heterocycles. The van der Waals surface area contributed by atoms with E-state index >= 15 is 0 Å². The molecule has 1 aliphatic heterocycles. The first-order valence-corrected chi connectivity index (χ1v) is 9.02. The summed E-state index contributed by atoms with van der Waals surface area (Å²) in [6.07, 6.45) is 0.842. The van der Waals surface area contributed by atoms with Crippen molar-refractivity contribution in [2.24, 2.45) is 0 Å². The summed E-state index contributed by atoms with van der Waals surface area (Å²) in [6, 6.07) is 14.2. The first-order chi connectivity index (χ1) is 12.2. The second kappa shape index (κ2) is 7.57. The molecule has 1 N–H and O–H groups in total. The molecule has 1 fully saturated rings. The standard InChI is InChI=1S/C19H18N4OS/c1-2-15-16(10-20)18(23-9-8-13(24)12-23)22-19(17(15)11-21)25-14-6-4-3-5-7-14/h3-7,13,24H,2,8-9,12H2,1H3. The molecule has 0 saturated carbocycles. The Morgan fingerprint density at radius 2 is 1.96 bits per heavy atom. The summed E-state index contributed by atoms with van der Waals surface area (Å²) in [4.78, 5) is 7.60. The number of aliphatic hydroxyl groups excluding tert-OH is 1. The van der Waals surface area contributed by atoms with E-state index in [0.717, 1.165) is 10.5 Å². The van der Waals surface area contributed by atoms with Crippen LogP contribution in [0.25, 0.3) is 0 Å². The number of β-amino-alcohol motifs (C(OH)–C–C–N with tert-alkyl or cyclic N) is 1. The number of hydrogen-bond donors (Lipinski definition) is 1. The molecule has 5 nitrogen and oxygen atoms in total. The molecular weight excluding hydrogens is 332 g/mol. The van der Waals surface area contributed by atoms with E-state index in [1.165, 1.54) is 11.8 Å². The summed E-state index contributed by atoms with van der Waals surface area (Å²) in [6.45, 7) is 3.07. The Balaban J connectivity index is 2.14. The second-order valence-electron chi connectivity index (χ2n) is 5.85. The zero-order valence-corrected chi connectivity index (χ0v) is 14.8. The summed E-state index contributed by atoms with van der Waals surface area (Å²) >= 11 is 1.43. The quantitative estimate of drug-likeness (QED) is 0.912. The second-order valence-corrected chi connectivity index (χ2v) is 6.91. The fourth-order valence-electron chi connectivity index (χ4n) is 3.02. The largest absolute Gasteiger partial charge is 0.391 e. The predicted molar refractivity (Wildman–Crippen MR) is 96.4 cm³/mol. The lowest BCUT2D eigenvalue weighted by atomic mass is 10.0. The first kappa shape index (κ1) is 17.3. The third-order valence-electron chi connectivity index (χ3n) is 4.25. The highest BCUT2D eigenvalue weighted by Crippen LogP contribution is 2.36. The number of aromatic nitrogens is 1. The normalized spacial score (nSPS) is 16.5. The highest BCUT2D eigenvalue weighted by molar-refractivity contribution is 7.99. The minimum absolute atomic E-state index is 0.403. The average Bonchev–Trinajstić information content (AvgIpc) is 3.07. The summed E-state index contributed by atoms with van der Waals surface area (Å²) < 4.78 is 0. The number of aliphatic hydroxyl groups is 1. The van der Waals surface area contributed by atoms with Gasteiger partial charge in [0.05, 0.1) is 17.2 Å². The lowest BCUT2D eigenvalue weighted by molar-refractivity contribution is 0.198. The number of rotatable bonds is 4. The molecule has 0 amide bonds. The van der Waals surface area contributed by atoms with Gasteiger partial charge in [-0.25, -0.2) is 4.98 Å². The maximum atomic E-state index is 9.85. The highest BCUT2D eigenvalue weighted by Gasteiger charge is 2.27. The number of hydrogen-bond acceptors (Lipinski definition) is 6. The molecule has 1 aliphatic rings. The van der Waals surface area contributed by atoms with E-state index in [1.807, 2.05) is 42.2 Å². The fourth-order valence-corrected chi connectivity index (χ4v) is 3.94. The molecule has 0 bridgehead atoms. The molecule has 1 atom stereocenters. The summed E-state index contributed by atoms with van der Waals surface area (Å²) in [5, 5.41) is 29.8. The molecule has 0 aliphatic carbocycles. The molecule has 1 unspecified atom stereocenters. The van der Waals surface area contributed by atoms with Gasteiger partial charge in [0.2, 0.25) is 0 Å². The smallest absolute Gasteiger partial charge is 0.148 e. The van der Waals surface area contributed by atoms with Gasteiger partial charge in [0.25, 0.3) is 0 Å². The van der Waals surface area contributed by atoms with Gasteiger partial charge in [0.15, 0.2) is 0 Å². The summed E-state index contributed by atoms with van der Waals surface area (Å²) in [5.41, 5.74) is 1.65. The Morgan fingerprint density at radius 1 is 1.24 bits per heavy atom. The van der Waals surface area contributed by atoms with Crippen molar-refractivity contribution in [3.63, 3.8) is 0 Å². The van der Waals surface area contributed by atoms with E-state index in [2.05, 4.69) is 17.1 Å². The Hall–Kier alpha value is -2.54. The van der Waals surface area contributed by atoms with E-state index in [9.17, 15) is 15.6 Å². The van der Waals surface area contributed by atoms with Crippen molar-refractivity contribution in [1.29, 1.82) is 10.5 Å². The average molecular weight is 350 g/mol. The summed E-state index contributed by atoms with van der Waals surface area (Å²) in [7, 11) is 0. The lowest BCUT2D eigenvalue weighted by Crippen LogP contribution is -2.24. The Labute approximate surface area is 151 Å². The molecule has 25 heavy (non-hydrogen) atoms. The number of benzene rings is 1. The number of nitriles is 2. The molecule has 0 radical (unpaired) electrons. The van der Waals surface area contributed by atoms with Crippen LogP contribution in [0.2, 0.25) is 0 Å². The van der Waals surface area contributed by atoms with Gasteiger partial charge in [-0.05, 0) is 30.5 Å². The van der Waals surface area contributed by atoms with Crippen LogP contribution in [0.5, 0.6) is 0 Å². The van der Waals surface area contributed by atoms with Crippen LogP contribution in [0.15, 0.2) is 40.3 Å². The highest BCUT2D eigenvalue weighted by atomic mass is 32.2. The first-order valence-electron chi connectivity index (χ1n) is 8.20. The number of anilines is 1. The summed E-state index contributed by atoms with van der Waals surface area (Å²) in [5.74, 6) is 0.577. The lowest BCUT2D eigenvalue weighted by Gasteiger charge is -2.21. The van der Waals surface area contributed by atoms with Crippen LogP contribution >= 0.6 is 11.8 Å². The SMILES string of the molecule is CCc1c(C#N)c(Sc2ccccc2)nc(N2CCC(O)C2)c1C#N. The van der Waals surface area contributed by atoms with E-state index in [1.54, 1.807) is 0 Å². The van der Waals surface area contributed by atoms with Crippen LogP contribution in [0, 0.1) is 22.7 Å². The van der Waals surface area contributed by atoms with Gasteiger partial charge in [0.1, 0.15) is 23.0 Å². The van der Waals surface area contributed by atoms with Crippen molar-refractivity contribution in [2.75, 3.05) is 18.0 Å². The van der Waals surface area contributed by atoms with Gasteiger partial charge in [-0.2, -0.15) is 10.5 Å². The van der Waals surface area contributed by atoms with E-state index in [0.29, 0.717) is 47.9 Å². The minimum Gasteiger partial charge on any atom is -0.391 e. The minimum atomic E-state index is -0.403. The van der Waals surface area contributed by atoms with Crippen LogP contribution in [0.4, 0.5) is 5.82 Å². The third-order valence-corrected chi connectivity index (χ3v) is 5.24. The van der Waals surface area contributed by atoms with E-state index in [4.69, 9.17) is 0 Å². The molecule has 1 aromatic heterocycles. The van der Waals surface area contributed by atoms with Crippen molar-refractivity contribution >= 4 is 17.6 Å². The van der Waals surface area contributed by atoms with Crippen LogP contribution in [-0.4, -0.2) is 29.3 Å². The molecule has 126 valence electrons. The predicted octanol–water partition coefficient (Wildman–Crippen LogP) is 3.11. The van der Waals surface area contributed by atoms with Gasteiger partial charge < -0.3 is 10.0 Å². The van der Waals surface area contributed by atoms with Gasteiger partial charge in [-0.3, -0.25) is 0 Å². The van der Waals surface area contributed by atoms with Crippen molar-refractivity contribution in [2.45, 2.75) is 35.8 Å². The zero-order valence-electron chi connectivity index (χ0n) is 13.9. The topological polar surface area (TPSA) is 83.9 Å². The van der Waals surface area contributed by atoms with Gasteiger partial charge in [-0.15, -0.1) is 0 Å². The van der Waals surface area contributed by atoms with E-state index < -0.39 is 6.10 Å². The van der Waals surface area contributed by atoms with E-state index in [-0.39, 0.29) is 0 Å². The van der Waals surface area contributed by atoms with Crippen molar-refractivity contribution in [1.82, 2.24) is 4.98 Å². The Morgan fingerprint density at radius 3 is 2.52 bits per heavy atom. The maximum Gasteiger partial charge on any atom is 0.148 e. The maximum absolute atomic E-state index is 9.85. The van der Waals surface area contributed by atoms with Gasteiger partial charge in [-0.1, -0.05) is 36.9 Å². The Kier molecular flexibility index (Phi) is 5.23. The number of pyridine rings is 1.